The monoisotopic (exact) mass is 1240 g/mol. The van der Waals surface area contributed by atoms with Crippen LogP contribution < -0.4 is 21.2 Å². The van der Waals surface area contributed by atoms with Gasteiger partial charge in [-0.25, -0.2) is 24.2 Å². The zero-order chi connectivity index (χ0) is 63.3. The van der Waals surface area contributed by atoms with Crippen LogP contribution in [0.5, 0.6) is 0 Å². The molecule has 14 rings (SSSR count). The SMILES string of the molecule is Cc1cc(CC(OC(=O)N2CCC(n3cc(-c4ccccc4)[nH]c3=O)CC2)C(=O)N2CCN(c3ccccn3)CC2)cc2cn[nH]c12.Cc1cc(CC(OC(=O)N2CCC3(CC2)NC(=O)Nc2ccccc23)C(=O)N2CCC(c3ccccn3)CC2)cc2cn[nH]c12. The Hall–Kier alpha value is -10.3. The Balaban J connectivity index is 0.000000168. The van der Waals surface area contributed by atoms with Crippen LogP contribution in [0.15, 0.2) is 151 Å². The van der Waals surface area contributed by atoms with Gasteiger partial charge in [0.05, 0.1) is 34.7 Å². The third-order valence-corrected chi connectivity index (χ3v) is 18.8. The summed E-state index contributed by atoms with van der Waals surface area (Å²) in [6, 6.07) is 37.0. The fourth-order valence-electron chi connectivity index (χ4n) is 13.8. The summed E-state index contributed by atoms with van der Waals surface area (Å²) < 4.78 is 13.9. The highest BCUT2D eigenvalue weighted by atomic mass is 16.6. The number of anilines is 2. The lowest BCUT2D eigenvalue weighted by atomic mass is 9.79. The molecule has 2 atom stereocenters. The standard InChI is InChI=1S/C35H38N8O4.C34H37N7O4/c1-24-19-25(20-27-22-37-39-32(24)27)21-30(33(44)41-17-15-40(16-18-41)31-9-5-6-12-36-31)47-35(46)42-13-10-28(11-14-42)43-23-29(38-34(43)45)26-7-3-2-4-8-26;1-22-18-23(19-25-21-36-39-30(22)25)20-29(31(42)40-14-9-24(10-15-40)27-7-4-5-13-35-27)45-33(44)41-16-11-34(12-17-41)26-6-2-3-8-28(26)37-32(43)38-34/h2-9,12,19-20,22-23,28,30H,10-11,13-18,21H2,1H3,(H,37,39)(H,38,45);2-8,13,18-19,21,24,29H,9-12,14-17,20H2,1H3,(H,36,39)(H2,37,38,43). The van der Waals surface area contributed by atoms with Crippen LogP contribution in [0.1, 0.15) is 84.0 Å². The number of rotatable bonds is 12. The van der Waals surface area contributed by atoms with E-state index in [4.69, 9.17) is 9.47 Å². The van der Waals surface area contributed by atoms with Gasteiger partial charge in [-0.2, -0.15) is 10.2 Å². The fourth-order valence-corrected chi connectivity index (χ4v) is 13.8. The Morgan fingerprint density at radius 3 is 1.75 bits per heavy atom. The van der Waals surface area contributed by atoms with Crippen molar-refractivity contribution in [2.45, 2.75) is 94.9 Å². The third kappa shape index (κ3) is 13.1. The quantitative estimate of drug-likeness (QED) is 0.0765. The first-order chi connectivity index (χ1) is 44.8. The Labute approximate surface area is 531 Å². The number of para-hydroxylation sites is 1. The lowest BCUT2D eigenvalue weighted by molar-refractivity contribution is -0.142. The molecule has 474 valence electrons. The highest BCUT2D eigenvalue weighted by molar-refractivity contribution is 5.94. The van der Waals surface area contributed by atoms with Crippen molar-refractivity contribution in [3.05, 3.63) is 190 Å². The molecule has 4 saturated heterocycles. The lowest BCUT2D eigenvalue weighted by Crippen LogP contribution is -2.58. The van der Waals surface area contributed by atoms with Crippen molar-refractivity contribution in [2.24, 2.45) is 0 Å². The molecule has 92 heavy (non-hydrogen) atoms. The van der Waals surface area contributed by atoms with Crippen molar-refractivity contribution >= 4 is 63.3 Å². The van der Waals surface area contributed by atoms with Gasteiger partial charge in [-0.1, -0.05) is 72.8 Å². The van der Waals surface area contributed by atoms with E-state index in [0.717, 1.165) is 90.9 Å². The van der Waals surface area contributed by atoms with Gasteiger partial charge in [0.25, 0.3) is 11.8 Å². The van der Waals surface area contributed by atoms with E-state index < -0.39 is 29.9 Å². The molecule has 4 aromatic carbocycles. The largest absolute Gasteiger partial charge is 0.436 e. The number of fused-ring (bicyclic) bond motifs is 4. The first kappa shape index (κ1) is 60.6. The van der Waals surface area contributed by atoms with E-state index >= 15 is 0 Å². The number of nitrogens with zero attached hydrogens (tertiary/aromatic N) is 10. The number of benzene rings is 4. The van der Waals surface area contributed by atoms with E-state index in [0.29, 0.717) is 97.0 Å². The van der Waals surface area contributed by atoms with E-state index in [9.17, 15) is 28.8 Å². The number of hydrogen-bond donors (Lipinski definition) is 5. The molecule has 0 bridgehead atoms. The molecule has 5 aliphatic rings. The number of pyridine rings is 2. The minimum Gasteiger partial charge on any atom is -0.436 e. The molecule has 5 N–H and O–H groups in total. The molecular formula is C69H75N15O8. The molecule has 1 spiro atoms. The van der Waals surface area contributed by atoms with Crippen molar-refractivity contribution in [1.29, 1.82) is 0 Å². The first-order valence-corrected chi connectivity index (χ1v) is 31.8. The average Bonchev–Trinajstić information content (AvgIpc) is 1.02. The van der Waals surface area contributed by atoms with Gasteiger partial charge in [0, 0.05) is 137 Å². The molecule has 23 heteroatoms. The van der Waals surface area contributed by atoms with Crippen molar-refractivity contribution in [2.75, 3.05) is 75.7 Å². The smallest absolute Gasteiger partial charge is 0.410 e. The predicted molar refractivity (Wildman–Crippen MR) is 347 cm³/mol. The zero-order valence-electron chi connectivity index (χ0n) is 51.6. The molecule has 5 aliphatic heterocycles. The van der Waals surface area contributed by atoms with Crippen molar-refractivity contribution in [3.8, 4) is 11.3 Å². The molecule has 2 unspecified atom stereocenters. The van der Waals surface area contributed by atoms with Gasteiger partial charge in [-0.3, -0.25) is 29.3 Å². The minimum atomic E-state index is -0.980. The fraction of sp³-hybridized carbons (Fsp3) is 0.362. The molecule has 23 nitrogen and oxygen atoms in total. The maximum atomic E-state index is 14.0. The minimum absolute atomic E-state index is 0.0437. The number of piperidine rings is 3. The number of aromatic nitrogens is 8. The Morgan fingerprint density at radius 2 is 1.15 bits per heavy atom. The number of H-pyrrole nitrogens is 3. The van der Waals surface area contributed by atoms with Crippen molar-refractivity contribution in [1.82, 2.24) is 64.8 Å². The van der Waals surface area contributed by atoms with Gasteiger partial charge in [0.1, 0.15) is 5.82 Å². The molecule has 4 fully saturated rings. The maximum absolute atomic E-state index is 14.0. The molecule has 9 aromatic rings. The van der Waals surface area contributed by atoms with Gasteiger partial charge in [-0.15, -0.1) is 0 Å². The number of aromatic amines is 3. The average molecular weight is 1240 g/mol. The molecular weight excluding hydrogens is 1170 g/mol. The number of urea groups is 1. The Bertz CT molecular complexity index is 4160. The van der Waals surface area contributed by atoms with Gasteiger partial charge >= 0.3 is 23.9 Å². The topological polar surface area (TPSA) is 265 Å². The predicted octanol–water partition coefficient (Wildman–Crippen LogP) is 9.00. The van der Waals surface area contributed by atoms with Crippen molar-refractivity contribution in [3.63, 3.8) is 0 Å². The molecule has 6 amide bonds. The molecule has 0 radical (unpaired) electrons. The second-order valence-electron chi connectivity index (χ2n) is 24.7. The first-order valence-electron chi connectivity index (χ1n) is 31.8. The summed E-state index contributed by atoms with van der Waals surface area (Å²) in [6.45, 7) is 9.06. The second-order valence-corrected chi connectivity index (χ2v) is 24.7. The molecule has 0 aliphatic carbocycles. The van der Waals surface area contributed by atoms with E-state index in [1.54, 1.807) is 44.1 Å². The lowest BCUT2D eigenvalue weighted by Gasteiger charge is -2.45. The van der Waals surface area contributed by atoms with Crippen LogP contribution >= 0.6 is 0 Å². The van der Waals surface area contributed by atoms with E-state index in [1.807, 2.05) is 140 Å². The Morgan fingerprint density at radius 1 is 0.598 bits per heavy atom. The van der Waals surface area contributed by atoms with Crippen LogP contribution in [0.2, 0.25) is 0 Å². The summed E-state index contributed by atoms with van der Waals surface area (Å²) in [6.07, 6.45) is 10.4. The number of aryl methyl sites for hydroxylation is 2. The van der Waals surface area contributed by atoms with Gasteiger partial charge in [-0.05, 0) is 123 Å². The normalized spacial score (nSPS) is 17.5. The van der Waals surface area contributed by atoms with Gasteiger partial charge < -0.3 is 49.6 Å². The number of amides is 6. The summed E-state index contributed by atoms with van der Waals surface area (Å²) in [7, 11) is 0. The number of imidazole rings is 1. The van der Waals surface area contributed by atoms with Crippen LogP contribution in [0.25, 0.3) is 33.1 Å². The summed E-state index contributed by atoms with van der Waals surface area (Å²) in [5.74, 6) is 0.795. The zero-order valence-corrected chi connectivity index (χ0v) is 51.6. The van der Waals surface area contributed by atoms with E-state index in [1.165, 1.54) is 0 Å². The number of hydrogen-bond acceptors (Lipinski definition) is 13. The van der Waals surface area contributed by atoms with Crippen LogP contribution in [0, 0.1) is 13.8 Å². The summed E-state index contributed by atoms with van der Waals surface area (Å²) in [5, 5.41) is 22.2. The van der Waals surface area contributed by atoms with Crippen LogP contribution in [-0.2, 0) is 37.4 Å². The van der Waals surface area contributed by atoms with E-state index in [2.05, 4.69) is 50.9 Å². The van der Waals surface area contributed by atoms with Gasteiger partial charge in [0.15, 0.2) is 12.2 Å². The van der Waals surface area contributed by atoms with Crippen LogP contribution in [-0.4, -0.2) is 167 Å². The van der Waals surface area contributed by atoms with Crippen molar-refractivity contribution < 1.29 is 33.4 Å². The molecule has 0 saturated carbocycles. The van der Waals surface area contributed by atoms with Gasteiger partial charge in [0.2, 0.25) is 0 Å². The number of piperazine rings is 1. The van der Waals surface area contributed by atoms with E-state index in [-0.39, 0.29) is 42.4 Å². The summed E-state index contributed by atoms with van der Waals surface area (Å²) >= 11 is 0. The highest BCUT2D eigenvalue weighted by Gasteiger charge is 2.44. The Kier molecular flexibility index (Phi) is 17.5. The number of likely N-dealkylation sites (tertiary alicyclic amines) is 3. The summed E-state index contributed by atoms with van der Waals surface area (Å²) in [5.41, 5.74) is 9.57. The van der Waals surface area contributed by atoms with Crippen LogP contribution in [0.3, 0.4) is 0 Å². The number of carbonyl (C=O) groups excluding carboxylic acids is 5. The number of carbonyl (C=O) groups is 5. The number of ether oxygens (including phenoxy) is 2. The summed E-state index contributed by atoms with van der Waals surface area (Å²) in [4.78, 5) is 102. The molecule has 10 heterocycles. The maximum Gasteiger partial charge on any atom is 0.410 e. The highest BCUT2D eigenvalue weighted by Crippen LogP contribution is 2.40. The number of nitrogens with one attached hydrogen (secondary N) is 5. The third-order valence-electron chi connectivity index (χ3n) is 18.8. The molecule has 5 aromatic heterocycles. The second kappa shape index (κ2) is 26.6. The van der Waals surface area contributed by atoms with Crippen LogP contribution in [0.4, 0.5) is 25.9 Å².